The van der Waals surface area contributed by atoms with Crippen LogP contribution in [0, 0.1) is 0 Å². The minimum atomic E-state index is -0.218. The van der Waals surface area contributed by atoms with Crippen LogP contribution < -0.4 is 10.3 Å². The average Bonchev–Trinajstić information content (AvgIpc) is 2.97. The zero-order chi connectivity index (χ0) is 14.7. The fourth-order valence-electron chi connectivity index (χ4n) is 2.32. The Labute approximate surface area is 121 Å². The van der Waals surface area contributed by atoms with Crippen LogP contribution >= 0.6 is 0 Å². The van der Waals surface area contributed by atoms with Crippen molar-refractivity contribution >= 4 is 5.91 Å². The van der Waals surface area contributed by atoms with Crippen molar-refractivity contribution in [1.29, 1.82) is 0 Å². The molecular weight excluding hydrogens is 270 g/mol. The Morgan fingerprint density at radius 3 is 2.95 bits per heavy atom. The molecule has 1 aliphatic rings. The highest BCUT2D eigenvalue weighted by Crippen LogP contribution is 2.17. The molecule has 3 rings (SSSR count). The van der Waals surface area contributed by atoms with Gasteiger partial charge in [-0.2, -0.15) is 0 Å². The normalized spacial score (nSPS) is 17.7. The molecule has 108 valence electrons. The Bertz CT molecular complexity index is 664. The molecule has 2 aromatic rings. The zero-order valence-corrected chi connectivity index (χ0v) is 11.4. The molecule has 0 aliphatic carbocycles. The van der Waals surface area contributed by atoms with Gasteiger partial charge in [-0.15, -0.1) is 0 Å². The van der Waals surface area contributed by atoms with Crippen LogP contribution in [0.3, 0.4) is 0 Å². The predicted molar refractivity (Wildman–Crippen MR) is 76.2 cm³/mol. The van der Waals surface area contributed by atoms with Gasteiger partial charge in [-0.1, -0.05) is 6.07 Å². The van der Waals surface area contributed by atoms with Crippen LogP contribution in [0.25, 0.3) is 0 Å². The standard InChI is InChI=1S/C15H15N3O3/c19-13-5-4-11(9-17-13)15(20)18-8-6-12(10-18)21-14-3-1-2-7-16-14/h1-5,7,9,12H,6,8,10H2,(H,17,19). The summed E-state index contributed by atoms with van der Waals surface area (Å²) in [5.41, 5.74) is 0.261. The summed E-state index contributed by atoms with van der Waals surface area (Å²) in [4.78, 5) is 31.7. The van der Waals surface area contributed by atoms with Gasteiger partial charge in [0.2, 0.25) is 11.4 Å². The number of aromatic amines is 1. The summed E-state index contributed by atoms with van der Waals surface area (Å²) in [5.74, 6) is 0.471. The van der Waals surface area contributed by atoms with E-state index >= 15 is 0 Å². The molecule has 0 saturated carbocycles. The Morgan fingerprint density at radius 1 is 1.33 bits per heavy atom. The summed E-state index contributed by atoms with van der Waals surface area (Å²) in [6.45, 7) is 1.16. The largest absolute Gasteiger partial charge is 0.472 e. The Hall–Kier alpha value is -2.63. The molecule has 1 aliphatic heterocycles. The number of H-pyrrole nitrogens is 1. The third-order valence-electron chi connectivity index (χ3n) is 3.39. The molecule has 2 aromatic heterocycles. The van der Waals surface area contributed by atoms with E-state index < -0.39 is 0 Å². The van der Waals surface area contributed by atoms with Gasteiger partial charge in [0.1, 0.15) is 6.10 Å². The molecular formula is C15H15N3O3. The van der Waals surface area contributed by atoms with Crippen LogP contribution in [0.5, 0.6) is 5.88 Å². The van der Waals surface area contributed by atoms with Gasteiger partial charge >= 0.3 is 0 Å². The lowest BCUT2D eigenvalue weighted by molar-refractivity contribution is 0.0770. The number of rotatable bonds is 3. The maximum atomic E-state index is 12.3. The molecule has 1 amide bonds. The maximum Gasteiger partial charge on any atom is 0.255 e. The summed E-state index contributed by atoms with van der Waals surface area (Å²) >= 11 is 0. The molecule has 6 heteroatoms. The van der Waals surface area contributed by atoms with Crippen molar-refractivity contribution in [3.8, 4) is 5.88 Å². The van der Waals surface area contributed by atoms with Crippen LogP contribution in [0.1, 0.15) is 16.8 Å². The monoisotopic (exact) mass is 285 g/mol. The number of likely N-dealkylation sites (tertiary alicyclic amines) is 1. The SMILES string of the molecule is O=C(c1ccc(=O)[nH]c1)N1CCC(Oc2ccccn2)C1. The van der Waals surface area contributed by atoms with E-state index in [1.165, 1.54) is 18.3 Å². The van der Waals surface area contributed by atoms with Crippen LogP contribution in [0.15, 0.2) is 47.5 Å². The molecule has 0 bridgehead atoms. The fraction of sp³-hybridized carbons (Fsp3) is 0.267. The van der Waals surface area contributed by atoms with Crippen molar-refractivity contribution in [2.45, 2.75) is 12.5 Å². The smallest absolute Gasteiger partial charge is 0.255 e. The van der Waals surface area contributed by atoms with Crippen molar-refractivity contribution in [2.75, 3.05) is 13.1 Å². The van der Waals surface area contributed by atoms with Crippen LogP contribution in [-0.2, 0) is 0 Å². The minimum absolute atomic E-state index is 0.0494. The van der Waals surface area contributed by atoms with Gasteiger partial charge in [0.25, 0.3) is 5.91 Å². The number of hydrogen-bond acceptors (Lipinski definition) is 4. The summed E-state index contributed by atoms with van der Waals surface area (Å²) < 4.78 is 5.75. The van der Waals surface area contributed by atoms with Gasteiger partial charge < -0.3 is 14.6 Å². The van der Waals surface area contributed by atoms with E-state index in [1.54, 1.807) is 17.2 Å². The summed E-state index contributed by atoms with van der Waals surface area (Å²) in [5, 5.41) is 0. The second kappa shape index (κ2) is 5.78. The second-order valence-corrected chi connectivity index (χ2v) is 4.89. The molecule has 1 unspecified atom stereocenters. The van der Waals surface area contributed by atoms with Gasteiger partial charge in [-0.05, 0) is 12.1 Å². The van der Waals surface area contributed by atoms with E-state index in [-0.39, 0.29) is 17.6 Å². The molecule has 1 atom stereocenters. The fourth-order valence-corrected chi connectivity index (χ4v) is 2.32. The van der Waals surface area contributed by atoms with E-state index in [1.807, 2.05) is 12.1 Å². The topological polar surface area (TPSA) is 75.3 Å². The molecule has 21 heavy (non-hydrogen) atoms. The lowest BCUT2D eigenvalue weighted by atomic mass is 10.2. The second-order valence-electron chi connectivity index (χ2n) is 4.89. The number of ether oxygens (including phenoxy) is 1. The summed E-state index contributed by atoms with van der Waals surface area (Å²) in [6, 6.07) is 8.37. The van der Waals surface area contributed by atoms with E-state index in [0.29, 0.717) is 24.5 Å². The van der Waals surface area contributed by atoms with Crippen molar-refractivity contribution in [3.05, 3.63) is 58.6 Å². The van der Waals surface area contributed by atoms with E-state index in [9.17, 15) is 9.59 Å². The quantitative estimate of drug-likeness (QED) is 0.915. The first kappa shape index (κ1) is 13.4. The lowest BCUT2D eigenvalue weighted by Crippen LogP contribution is -2.31. The predicted octanol–water partition coefficient (Wildman–Crippen LogP) is 1.06. The van der Waals surface area contributed by atoms with Crippen molar-refractivity contribution < 1.29 is 9.53 Å². The highest BCUT2D eigenvalue weighted by molar-refractivity contribution is 5.94. The van der Waals surface area contributed by atoms with Crippen LogP contribution in [0.4, 0.5) is 0 Å². The van der Waals surface area contributed by atoms with Crippen LogP contribution in [0.2, 0.25) is 0 Å². The van der Waals surface area contributed by atoms with Crippen LogP contribution in [-0.4, -0.2) is 40.0 Å². The highest BCUT2D eigenvalue weighted by Gasteiger charge is 2.28. The number of nitrogens with one attached hydrogen (secondary N) is 1. The number of nitrogens with zero attached hydrogens (tertiary/aromatic N) is 2. The molecule has 0 aromatic carbocycles. The average molecular weight is 285 g/mol. The number of hydrogen-bond donors (Lipinski definition) is 1. The molecule has 1 fully saturated rings. The third-order valence-corrected chi connectivity index (χ3v) is 3.39. The van der Waals surface area contributed by atoms with Gasteiger partial charge in [0.15, 0.2) is 0 Å². The molecule has 1 N–H and O–H groups in total. The maximum absolute atomic E-state index is 12.3. The zero-order valence-electron chi connectivity index (χ0n) is 11.4. The molecule has 0 radical (unpaired) electrons. The number of carbonyl (C=O) groups is 1. The third kappa shape index (κ3) is 3.10. The Morgan fingerprint density at radius 2 is 2.24 bits per heavy atom. The summed E-state index contributed by atoms with van der Waals surface area (Å²) in [7, 11) is 0. The van der Waals surface area contributed by atoms with Gasteiger partial charge in [0.05, 0.1) is 12.1 Å². The minimum Gasteiger partial charge on any atom is -0.472 e. The van der Waals surface area contributed by atoms with Crippen molar-refractivity contribution in [3.63, 3.8) is 0 Å². The molecule has 6 nitrogen and oxygen atoms in total. The molecule has 0 spiro atoms. The number of amides is 1. The number of carbonyl (C=O) groups excluding carboxylic acids is 1. The van der Waals surface area contributed by atoms with Crippen molar-refractivity contribution in [1.82, 2.24) is 14.9 Å². The lowest BCUT2D eigenvalue weighted by Gasteiger charge is -2.16. The highest BCUT2D eigenvalue weighted by atomic mass is 16.5. The Kier molecular flexibility index (Phi) is 3.68. The molecule has 1 saturated heterocycles. The summed E-state index contributed by atoms with van der Waals surface area (Å²) in [6.07, 6.45) is 3.84. The first-order chi connectivity index (χ1) is 10.2. The Balaban J connectivity index is 1.63. The number of pyridine rings is 2. The first-order valence-corrected chi connectivity index (χ1v) is 6.78. The number of aromatic nitrogens is 2. The van der Waals surface area contributed by atoms with E-state index in [4.69, 9.17) is 4.74 Å². The van der Waals surface area contributed by atoms with Gasteiger partial charge in [-0.3, -0.25) is 9.59 Å². The van der Waals surface area contributed by atoms with Crippen molar-refractivity contribution in [2.24, 2.45) is 0 Å². The van der Waals surface area contributed by atoms with Gasteiger partial charge in [-0.25, -0.2) is 4.98 Å². The van der Waals surface area contributed by atoms with Gasteiger partial charge in [0, 0.05) is 37.5 Å². The first-order valence-electron chi connectivity index (χ1n) is 6.78. The van der Waals surface area contributed by atoms with E-state index in [2.05, 4.69) is 9.97 Å². The van der Waals surface area contributed by atoms with E-state index in [0.717, 1.165) is 6.42 Å². The molecule has 3 heterocycles.